The molecule has 0 aliphatic carbocycles. The minimum atomic E-state index is -4.71. The molecule has 0 saturated heterocycles. The maximum Gasteiger partial charge on any atom is 0.417 e. The third-order valence-electron chi connectivity index (χ3n) is 2.39. The van der Waals surface area contributed by atoms with Gasteiger partial charge in [-0.1, -0.05) is 12.1 Å². The zero-order valence-corrected chi connectivity index (χ0v) is 10.0. The zero-order valence-electron chi connectivity index (χ0n) is 10.0. The Morgan fingerprint density at radius 1 is 1.28 bits per heavy atom. The number of halogens is 3. The Balaban J connectivity index is 2.81. The molecule has 0 radical (unpaired) electrons. The van der Waals surface area contributed by atoms with Crippen LogP contribution < -0.4 is 4.74 Å². The van der Waals surface area contributed by atoms with Crippen LogP contribution in [0.15, 0.2) is 18.2 Å². The number of alkyl halides is 3. The van der Waals surface area contributed by atoms with E-state index in [-0.39, 0.29) is 5.75 Å². The standard InChI is InChI=1S/C12H15F3O3/c1-7-3-4-9(8(2)16)10(5-7)18-6-11(17)12(13,14)15/h3-5,8,11,16-17H,6H2,1-2H3/t8-,11?/m0/s1. The van der Waals surface area contributed by atoms with Crippen molar-refractivity contribution < 1.29 is 28.1 Å². The van der Waals surface area contributed by atoms with Crippen LogP contribution in [0.5, 0.6) is 5.75 Å². The van der Waals surface area contributed by atoms with E-state index in [0.29, 0.717) is 5.56 Å². The van der Waals surface area contributed by atoms with Crippen LogP contribution in [0.3, 0.4) is 0 Å². The summed E-state index contributed by atoms with van der Waals surface area (Å²) in [6.45, 7) is 2.34. The predicted molar refractivity (Wildman–Crippen MR) is 59.4 cm³/mol. The summed E-state index contributed by atoms with van der Waals surface area (Å²) < 4.78 is 41.3. The van der Waals surface area contributed by atoms with Gasteiger partial charge < -0.3 is 14.9 Å². The zero-order chi connectivity index (χ0) is 13.9. The van der Waals surface area contributed by atoms with Crippen molar-refractivity contribution in [2.45, 2.75) is 32.2 Å². The lowest BCUT2D eigenvalue weighted by molar-refractivity contribution is -0.210. The molecule has 1 rings (SSSR count). The Kier molecular flexibility index (Phi) is 4.59. The minimum Gasteiger partial charge on any atom is -0.490 e. The normalized spacial score (nSPS) is 15.3. The van der Waals surface area contributed by atoms with Gasteiger partial charge in [-0.05, 0) is 25.5 Å². The molecule has 0 amide bonds. The summed E-state index contributed by atoms with van der Waals surface area (Å²) in [7, 11) is 0. The van der Waals surface area contributed by atoms with Gasteiger partial charge in [0, 0.05) is 5.56 Å². The average Bonchev–Trinajstić information content (AvgIpc) is 2.24. The fraction of sp³-hybridized carbons (Fsp3) is 0.500. The lowest BCUT2D eigenvalue weighted by atomic mass is 10.1. The highest BCUT2D eigenvalue weighted by Crippen LogP contribution is 2.27. The number of aliphatic hydroxyl groups is 2. The second-order valence-electron chi connectivity index (χ2n) is 4.09. The Hall–Kier alpha value is -1.27. The van der Waals surface area contributed by atoms with Gasteiger partial charge in [0.2, 0.25) is 0 Å². The summed E-state index contributed by atoms with van der Waals surface area (Å²) in [5.41, 5.74) is 1.17. The van der Waals surface area contributed by atoms with Gasteiger partial charge in [0.25, 0.3) is 0 Å². The maximum atomic E-state index is 12.1. The van der Waals surface area contributed by atoms with Crippen LogP contribution in [0.2, 0.25) is 0 Å². The molecule has 0 bridgehead atoms. The summed E-state index contributed by atoms with van der Waals surface area (Å²) in [5.74, 6) is 0.147. The lowest BCUT2D eigenvalue weighted by Crippen LogP contribution is -2.34. The molecule has 2 atom stereocenters. The van der Waals surface area contributed by atoms with E-state index >= 15 is 0 Å². The largest absolute Gasteiger partial charge is 0.490 e. The SMILES string of the molecule is Cc1ccc([C@H](C)O)c(OCC(O)C(F)(F)F)c1. The number of ether oxygens (including phenoxy) is 1. The molecule has 2 N–H and O–H groups in total. The summed E-state index contributed by atoms with van der Waals surface area (Å²) >= 11 is 0. The number of aliphatic hydroxyl groups excluding tert-OH is 2. The predicted octanol–water partition coefficient (Wildman–Crippen LogP) is 2.35. The van der Waals surface area contributed by atoms with Crippen molar-refractivity contribution in [3.05, 3.63) is 29.3 Å². The molecule has 0 aliphatic rings. The van der Waals surface area contributed by atoms with Gasteiger partial charge in [-0.15, -0.1) is 0 Å². The second-order valence-corrected chi connectivity index (χ2v) is 4.09. The summed E-state index contributed by atoms with van der Waals surface area (Å²) in [5, 5.41) is 18.3. The van der Waals surface area contributed by atoms with Gasteiger partial charge in [-0.3, -0.25) is 0 Å². The number of rotatable bonds is 4. The van der Waals surface area contributed by atoms with E-state index in [4.69, 9.17) is 9.84 Å². The van der Waals surface area contributed by atoms with Crippen molar-refractivity contribution >= 4 is 0 Å². The quantitative estimate of drug-likeness (QED) is 0.877. The summed E-state index contributed by atoms with van der Waals surface area (Å²) in [6, 6.07) is 4.82. The van der Waals surface area contributed by atoms with Crippen molar-refractivity contribution in [1.82, 2.24) is 0 Å². The third kappa shape index (κ3) is 3.89. The molecule has 0 aromatic heterocycles. The Labute approximate surface area is 103 Å². The fourth-order valence-corrected chi connectivity index (χ4v) is 1.37. The highest BCUT2D eigenvalue weighted by atomic mass is 19.4. The van der Waals surface area contributed by atoms with Crippen LogP contribution in [0, 0.1) is 6.92 Å². The van der Waals surface area contributed by atoms with Gasteiger partial charge in [-0.2, -0.15) is 13.2 Å². The highest BCUT2D eigenvalue weighted by molar-refractivity contribution is 5.38. The van der Waals surface area contributed by atoms with Crippen molar-refractivity contribution in [2.75, 3.05) is 6.61 Å². The molecule has 6 heteroatoms. The Bertz CT molecular complexity index is 402. The number of benzene rings is 1. The van der Waals surface area contributed by atoms with Gasteiger partial charge in [0.1, 0.15) is 12.4 Å². The molecule has 1 unspecified atom stereocenters. The van der Waals surface area contributed by atoms with Gasteiger partial charge >= 0.3 is 6.18 Å². The molecule has 0 saturated carbocycles. The van der Waals surface area contributed by atoms with E-state index in [1.807, 2.05) is 0 Å². The Morgan fingerprint density at radius 2 is 1.89 bits per heavy atom. The van der Waals surface area contributed by atoms with E-state index < -0.39 is 25.0 Å². The molecule has 0 heterocycles. The number of aryl methyl sites for hydroxylation is 1. The van der Waals surface area contributed by atoms with Crippen molar-refractivity contribution in [3.63, 3.8) is 0 Å². The van der Waals surface area contributed by atoms with Crippen LogP contribution in [0.25, 0.3) is 0 Å². The first-order valence-electron chi connectivity index (χ1n) is 5.38. The van der Waals surface area contributed by atoms with E-state index in [1.54, 1.807) is 19.1 Å². The molecule has 102 valence electrons. The average molecular weight is 264 g/mol. The van der Waals surface area contributed by atoms with Crippen LogP contribution in [-0.2, 0) is 0 Å². The van der Waals surface area contributed by atoms with E-state index in [9.17, 15) is 18.3 Å². The lowest BCUT2D eigenvalue weighted by Gasteiger charge is -2.18. The van der Waals surface area contributed by atoms with Crippen molar-refractivity contribution in [2.24, 2.45) is 0 Å². The first kappa shape index (κ1) is 14.8. The topological polar surface area (TPSA) is 49.7 Å². The molecule has 3 nitrogen and oxygen atoms in total. The van der Waals surface area contributed by atoms with Crippen LogP contribution in [0.4, 0.5) is 13.2 Å². The highest BCUT2D eigenvalue weighted by Gasteiger charge is 2.38. The van der Waals surface area contributed by atoms with E-state index in [0.717, 1.165) is 5.56 Å². The molecule has 0 fully saturated rings. The smallest absolute Gasteiger partial charge is 0.417 e. The molecule has 18 heavy (non-hydrogen) atoms. The Morgan fingerprint density at radius 3 is 2.39 bits per heavy atom. The maximum absolute atomic E-state index is 12.1. The van der Waals surface area contributed by atoms with Gasteiger partial charge in [-0.25, -0.2) is 0 Å². The summed E-state index contributed by atoms with van der Waals surface area (Å²) in [6.07, 6.45) is -8.11. The van der Waals surface area contributed by atoms with Gasteiger partial charge in [0.15, 0.2) is 6.10 Å². The summed E-state index contributed by atoms with van der Waals surface area (Å²) in [4.78, 5) is 0. The van der Waals surface area contributed by atoms with Gasteiger partial charge in [0.05, 0.1) is 6.10 Å². The monoisotopic (exact) mass is 264 g/mol. The third-order valence-corrected chi connectivity index (χ3v) is 2.39. The molecule has 1 aromatic carbocycles. The van der Waals surface area contributed by atoms with Crippen LogP contribution in [-0.4, -0.2) is 29.1 Å². The first-order valence-corrected chi connectivity index (χ1v) is 5.38. The molecule has 1 aromatic rings. The second kappa shape index (κ2) is 5.58. The van der Waals surface area contributed by atoms with Crippen molar-refractivity contribution in [3.8, 4) is 5.75 Å². The first-order chi connectivity index (χ1) is 8.21. The minimum absolute atomic E-state index is 0.147. The molecule has 0 aliphatic heterocycles. The fourth-order valence-electron chi connectivity index (χ4n) is 1.37. The van der Waals surface area contributed by atoms with Crippen LogP contribution >= 0.6 is 0 Å². The van der Waals surface area contributed by atoms with E-state index in [1.165, 1.54) is 13.0 Å². The molecular weight excluding hydrogens is 249 g/mol. The van der Waals surface area contributed by atoms with Crippen LogP contribution in [0.1, 0.15) is 24.2 Å². The molecule has 0 spiro atoms. The van der Waals surface area contributed by atoms with Crippen molar-refractivity contribution in [1.29, 1.82) is 0 Å². The molecular formula is C12H15F3O3. The number of hydrogen-bond acceptors (Lipinski definition) is 3. The number of hydrogen-bond donors (Lipinski definition) is 2. The van der Waals surface area contributed by atoms with E-state index in [2.05, 4.69) is 0 Å².